The average Bonchev–Trinajstić information content (AvgIpc) is 2.86. The van der Waals surface area contributed by atoms with Crippen molar-refractivity contribution >= 4 is 22.6 Å². The molecular formula is C13H16ClN3. The normalized spacial score (nSPS) is 24.6. The number of imidazole rings is 1. The Balaban J connectivity index is 2.24. The van der Waals surface area contributed by atoms with Gasteiger partial charge >= 0.3 is 0 Å². The molecule has 2 aromatic rings. The van der Waals surface area contributed by atoms with Crippen molar-refractivity contribution in [3.05, 3.63) is 29.0 Å². The number of aromatic nitrogens is 2. The third kappa shape index (κ3) is 1.57. The van der Waals surface area contributed by atoms with E-state index in [0.717, 1.165) is 41.4 Å². The number of aryl methyl sites for hydroxylation is 1. The van der Waals surface area contributed by atoms with Gasteiger partial charge in [-0.3, -0.25) is 0 Å². The average molecular weight is 250 g/mol. The van der Waals surface area contributed by atoms with Crippen LogP contribution in [0.15, 0.2) is 18.2 Å². The van der Waals surface area contributed by atoms with Crippen molar-refractivity contribution in [3.63, 3.8) is 0 Å². The van der Waals surface area contributed by atoms with E-state index in [1.165, 1.54) is 0 Å². The number of nitrogens with one attached hydrogen (secondary N) is 1. The lowest BCUT2D eigenvalue weighted by atomic mass is 9.89. The van der Waals surface area contributed by atoms with Gasteiger partial charge in [0.2, 0.25) is 0 Å². The van der Waals surface area contributed by atoms with E-state index in [1.54, 1.807) is 0 Å². The lowest BCUT2D eigenvalue weighted by Crippen LogP contribution is -2.28. The second-order valence-electron chi connectivity index (χ2n) is 5.09. The monoisotopic (exact) mass is 249 g/mol. The smallest absolute Gasteiger partial charge is 0.116 e. The standard InChI is InChI=1S/C13H16ClN3/c1-13(6-7-15-8-13)12-16-10-5-3-4-9(14)11(10)17(12)2/h3-5,15H,6-8H2,1-2H3. The number of para-hydroxylation sites is 1. The first kappa shape index (κ1) is 11.1. The van der Waals surface area contributed by atoms with Gasteiger partial charge in [0.05, 0.1) is 16.1 Å². The van der Waals surface area contributed by atoms with Crippen molar-refractivity contribution in [3.8, 4) is 0 Å². The molecule has 1 atom stereocenters. The molecule has 1 aromatic heterocycles. The molecule has 0 amide bonds. The number of hydrogen-bond donors (Lipinski definition) is 1. The van der Waals surface area contributed by atoms with Crippen LogP contribution in [-0.2, 0) is 12.5 Å². The fraction of sp³-hybridized carbons (Fsp3) is 0.462. The summed E-state index contributed by atoms with van der Waals surface area (Å²) in [6, 6.07) is 5.90. The van der Waals surface area contributed by atoms with E-state index in [9.17, 15) is 0 Å². The third-order valence-corrected chi connectivity index (χ3v) is 4.06. The summed E-state index contributed by atoms with van der Waals surface area (Å²) in [4.78, 5) is 4.77. The molecule has 4 heteroatoms. The van der Waals surface area contributed by atoms with E-state index < -0.39 is 0 Å². The predicted molar refractivity (Wildman–Crippen MR) is 70.6 cm³/mol. The molecule has 0 aliphatic carbocycles. The Bertz CT molecular complexity index is 567. The molecule has 1 N–H and O–H groups in total. The van der Waals surface area contributed by atoms with Crippen LogP contribution in [0.4, 0.5) is 0 Å². The quantitative estimate of drug-likeness (QED) is 0.842. The van der Waals surface area contributed by atoms with Gasteiger partial charge in [0, 0.05) is 19.0 Å². The maximum atomic E-state index is 6.25. The van der Waals surface area contributed by atoms with E-state index in [2.05, 4.69) is 23.9 Å². The number of halogens is 1. The maximum absolute atomic E-state index is 6.25. The lowest BCUT2D eigenvalue weighted by molar-refractivity contribution is 0.475. The maximum Gasteiger partial charge on any atom is 0.116 e. The summed E-state index contributed by atoms with van der Waals surface area (Å²) in [5, 5.41) is 4.19. The zero-order valence-electron chi connectivity index (χ0n) is 10.1. The highest BCUT2D eigenvalue weighted by molar-refractivity contribution is 6.35. The van der Waals surface area contributed by atoms with Gasteiger partial charge in [-0.2, -0.15) is 0 Å². The van der Waals surface area contributed by atoms with Crippen molar-refractivity contribution in [2.45, 2.75) is 18.8 Å². The van der Waals surface area contributed by atoms with Gasteiger partial charge in [0.15, 0.2) is 0 Å². The van der Waals surface area contributed by atoms with Gasteiger partial charge in [-0.25, -0.2) is 4.98 Å². The molecular weight excluding hydrogens is 234 g/mol. The van der Waals surface area contributed by atoms with Crippen LogP contribution in [0.25, 0.3) is 11.0 Å². The second kappa shape index (κ2) is 3.72. The van der Waals surface area contributed by atoms with Gasteiger partial charge in [0.1, 0.15) is 5.82 Å². The van der Waals surface area contributed by atoms with Crippen molar-refractivity contribution < 1.29 is 0 Å². The molecule has 0 radical (unpaired) electrons. The number of fused-ring (bicyclic) bond motifs is 1. The van der Waals surface area contributed by atoms with Crippen LogP contribution < -0.4 is 5.32 Å². The summed E-state index contributed by atoms with van der Waals surface area (Å²) in [5.74, 6) is 1.13. The lowest BCUT2D eigenvalue weighted by Gasteiger charge is -2.21. The molecule has 1 aromatic carbocycles. The van der Waals surface area contributed by atoms with Crippen LogP contribution in [0, 0.1) is 0 Å². The first-order valence-corrected chi connectivity index (χ1v) is 6.32. The second-order valence-corrected chi connectivity index (χ2v) is 5.50. The number of hydrogen-bond acceptors (Lipinski definition) is 2. The van der Waals surface area contributed by atoms with Crippen molar-refractivity contribution in [2.24, 2.45) is 7.05 Å². The molecule has 0 bridgehead atoms. The van der Waals surface area contributed by atoms with Crippen LogP contribution in [0.2, 0.25) is 5.02 Å². The molecule has 3 nitrogen and oxygen atoms in total. The van der Waals surface area contributed by atoms with Crippen LogP contribution in [0.1, 0.15) is 19.2 Å². The zero-order chi connectivity index (χ0) is 12.0. The zero-order valence-corrected chi connectivity index (χ0v) is 10.9. The Hall–Kier alpha value is -1.06. The van der Waals surface area contributed by atoms with E-state index in [4.69, 9.17) is 16.6 Å². The first-order chi connectivity index (χ1) is 8.12. The molecule has 17 heavy (non-hydrogen) atoms. The number of benzene rings is 1. The van der Waals surface area contributed by atoms with E-state index in [1.807, 2.05) is 18.2 Å². The van der Waals surface area contributed by atoms with Crippen LogP contribution in [-0.4, -0.2) is 22.6 Å². The Labute approximate surface area is 106 Å². The molecule has 3 rings (SSSR count). The first-order valence-electron chi connectivity index (χ1n) is 5.94. The Kier molecular flexibility index (Phi) is 2.42. The van der Waals surface area contributed by atoms with Crippen LogP contribution in [0.3, 0.4) is 0 Å². The van der Waals surface area contributed by atoms with Crippen molar-refractivity contribution in [1.82, 2.24) is 14.9 Å². The van der Waals surface area contributed by atoms with E-state index in [0.29, 0.717) is 0 Å². The van der Waals surface area contributed by atoms with Crippen LogP contribution in [0.5, 0.6) is 0 Å². The minimum Gasteiger partial charge on any atom is -0.329 e. The van der Waals surface area contributed by atoms with Gasteiger partial charge in [-0.1, -0.05) is 24.6 Å². The molecule has 2 heterocycles. The summed E-state index contributed by atoms with van der Waals surface area (Å²) in [7, 11) is 2.06. The molecule has 0 spiro atoms. The van der Waals surface area contributed by atoms with Gasteiger partial charge in [-0.15, -0.1) is 0 Å². The summed E-state index contributed by atoms with van der Waals surface area (Å²) < 4.78 is 2.14. The van der Waals surface area contributed by atoms with Gasteiger partial charge < -0.3 is 9.88 Å². The SMILES string of the molecule is Cn1c(C2(C)CCNC2)nc2cccc(Cl)c21. The van der Waals surface area contributed by atoms with Crippen molar-refractivity contribution in [2.75, 3.05) is 13.1 Å². The largest absolute Gasteiger partial charge is 0.329 e. The van der Waals surface area contributed by atoms with E-state index >= 15 is 0 Å². The molecule has 0 saturated carbocycles. The minimum atomic E-state index is 0.122. The number of nitrogens with zero attached hydrogens (tertiary/aromatic N) is 2. The summed E-state index contributed by atoms with van der Waals surface area (Å²) in [5.41, 5.74) is 2.15. The fourth-order valence-corrected chi connectivity index (χ4v) is 3.07. The molecule has 1 aliphatic rings. The Morgan fingerprint density at radius 3 is 2.94 bits per heavy atom. The van der Waals surface area contributed by atoms with E-state index in [-0.39, 0.29) is 5.41 Å². The highest BCUT2D eigenvalue weighted by Crippen LogP contribution is 2.33. The number of rotatable bonds is 1. The Morgan fingerprint density at radius 1 is 1.47 bits per heavy atom. The Morgan fingerprint density at radius 2 is 2.29 bits per heavy atom. The molecule has 1 aliphatic heterocycles. The molecule has 90 valence electrons. The highest BCUT2D eigenvalue weighted by atomic mass is 35.5. The molecule has 1 unspecified atom stereocenters. The minimum absolute atomic E-state index is 0.122. The predicted octanol–water partition coefficient (Wildman–Crippen LogP) is 2.48. The summed E-state index contributed by atoms with van der Waals surface area (Å²) in [6.45, 7) is 4.32. The molecule has 1 fully saturated rings. The topological polar surface area (TPSA) is 29.9 Å². The summed E-state index contributed by atoms with van der Waals surface area (Å²) in [6.07, 6.45) is 1.13. The van der Waals surface area contributed by atoms with Gasteiger partial charge in [0.25, 0.3) is 0 Å². The summed E-state index contributed by atoms with van der Waals surface area (Å²) >= 11 is 6.25. The van der Waals surface area contributed by atoms with Crippen LogP contribution >= 0.6 is 11.6 Å². The highest BCUT2D eigenvalue weighted by Gasteiger charge is 2.35. The third-order valence-electron chi connectivity index (χ3n) is 3.75. The molecule has 1 saturated heterocycles. The fourth-order valence-electron chi connectivity index (χ4n) is 2.77. The van der Waals surface area contributed by atoms with Crippen molar-refractivity contribution in [1.29, 1.82) is 0 Å². The van der Waals surface area contributed by atoms with Gasteiger partial charge in [-0.05, 0) is 25.1 Å².